The molecule has 4 aromatic rings. The molecular weight excluding hydrogens is 444 g/mol. The quantitative estimate of drug-likeness (QED) is 0.284. The Balaban J connectivity index is 1.37. The fraction of sp³-hybridized carbons (Fsp3) is 0.250. The molecule has 1 amide bonds. The molecule has 0 spiro atoms. The number of furan rings is 2. The van der Waals surface area contributed by atoms with Crippen LogP contribution in [0.1, 0.15) is 22.6 Å². The largest absolute Gasteiger partial charge is 0.493 e. The molecule has 7 heteroatoms. The van der Waals surface area contributed by atoms with E-state index in [9.17, 15) is 4.79 Å². The Morgan fingerprint density at radius 3 is 2.09 bits per heavy atom. The van der Waals surface area contributed by atoms with Gasteiger partial charge in [-0.25, -0.2) is 0 Å². The first-order valence-corrected chi connectivity index (χ1v) is 11.5. The van der Waals surface area contributed by atoms with Crippen molar-refractivity contribution in [2.24, 2.45) is 0 Å². The first-order valence-electron chi connectivity index (χ1n) is 11.5. The monoisotopic (exact) mass is 474 g/mol. The maximum atomic E-state index is 13.1. The molecule has 7 nitrogen and oxygen atoms in total. The number of carbonyl (C=O) groups is 1. The summed E-state index contributed by atoms with van der Waals surface area (Å²) in [4.78, 5) is 16.8. The van der Waals surface area contributed by atoms with E-state index in [0.717, 1.165) is 22.6 Å². The lowest BCUT2D eigenvalue weighted by atomic mass is 10.2. The van der Waals surface area contributed by atoms with E-state index in [1.54, 1.807) is 31.6 Å². The number of amides is 1. The van der Waals surface area contributed by atoms with Crippen LogP contribution in [0, 0.1) is 0 Å². The molecule has 4 rings (SSSR count). The standard InChI is InChI=1S/C28H30N2O5/c1-29(28(31)20-30(18-24-10-6-14-33-24)19-25-11-7-15-34-25)17-23-12-13-26(27(16-23)32-2)35-21-22-8-4-3-5-9-22/h3-16H,17-21H2,1-2H3. The second-order valence-corrected chi connectivity index (χ2v) is 8.31. The molecule has 0 bridgehead atoms. The van der Waals surface area contributed by atoms with E-state index in [4.69, 9.17) is 18.3 Å². The molecule has 0 atom stereocenters. The van der Waals surface area contributed by atoms with Gasteiger partial charge in [-0.05, 0) is 47.5 Å². The molecule has 0 saturated heterocycles. The van der Waals surface area contributed by atoms with Crippen LogP contribution in [0.4, 0.5) is 0 Å². The second kappa shape index (κ2) is 11.9. The SMILES string of the molecule is COc1cc(CN(C)C(=O)CN(Cc2ccco2)Cc2ccco2)ccc1OCc1ccccc1. The minimum Gasteiger partial charge on any atom is -0.493 e. The van der Waals surface area contributed by atoms with Crippen molar-refractivity contribution in [1.82, 2.24) is 9.80 Å². The minimum absolute atomic E-state index is 0.00789. The lowest BCUT2D eigenvalue weighted by Gasteiger charge is -2.24. The van der Waals surface area contributed by atoms with Crippen LogP contribution in [-0.2, 0) is 31.0 Å². The molecule has 182 valence electrons. The third-order valence-electron chi connectivity index (χ3n) is 5.59. The van der Waals surface area contributed by atoms with Gasteiger partial charge in [-0.15, -0.1) is 0 Å². The summed E-state index contributed by atoms with van der Waals surface area (Å²) in [6.45, 7) is 2.15. The van der Waals surface area contributed by atoms with Crippen LogP contribution in [0.15, 0.2) is 94.2 Å². The predicted octanol–water partition coefficient (Wildman–Crippen LogP) is 5.12. The smallest absolute Gasteiger partial charge is 0.236 e. The fourth-order valence-electron chi connectivity index (χ4n) is 3.75. The van der Waals surface area contributed by atoms with Crippen molar-refractivity contribution in [2.45, 2.75) is 26.2 Å². The number of rotatable bonds is 12. The van der Waals surface area contributed by atoms with Gasteiger partial charge < -0.3 is 23.2 Å². The van der Waals surface area contributed by atoms with Crippen molar-refractivity contribution < 1.29 is 23.1 Å². The fourth-order valence-corrected chi connectivity index (χ4v) is 3.75. The van der Waals surface area contributed by atoms with Gasteiger partial charge in [-0.1, -0.05) is 36.4 Å². The van der Waals surface area contributed by atoms with Gasteiger partial charge in [0.15, 0.2) is 11.5 Å². The maximum absolute atomic E-state index is 13.1. The second-order valence-electron chi connectivity index (χ2n) is 8.31. The molecule has 2 aromatic heterocycles. The highest BCUT2D eigenvalue weighted by Gasteiger charge is 2.18. The van der Waals surface area contributed by atoms with Crippen molar-refractivity contribution in [2.75, 3.05) is 20.7 Å². The molecule has 0 aliphatic rings. The molecule has 0 N–H and O–H groups in total. The number of nitrogens with zero attached hydrogens (tertiary/aromatic N) is 2. The molecule has 0 unspecified atom stereocenters. The number of hydrogen-bond donors (Lipinski definition) is 0. The number of ether oxygens (including phenoxy) is 2. The Kier molecular flexibility index (Phi) is 8.25. The summed E-state index contributed by atoms with van der Waals surface area (Å²) in [5.74, 6) is 2.88. The number of hydrogen-bond acceptors (Lipinski definition) is 6. The first-order chi connectivity index (χ1) is 17.1. The Bertz CT molecular complexity index is 1140. The zero-order chi connectivity index (χ0) is 24.5. The Morgan fingerprint density at radius 2 is 1.49 bits per heavy atom. The van der Waals surface area contributed by atoms with Crippen molar-refractivity contribution in [3.05, 3.63) is 108 Å². The normalized spacial score (nSPS) is 10.9. The Labute approximate surface area is 205 Å². The lowest BCUT2D eigenvalue weighted by Crippen LogP contribution is -2.37. The summed E-state index contributed by atoms with van der Waals surface area (Å²) < 4.78 is 22.5. The van der Waals surface area contributed by atoms with E-state index < -0.39 is 0 Å². The van der Waals surface area contributed by atoms with Crippen LogP contribution >= 0.6 is 0 Å². The third kappa shape index (κ3) is 7.01. The van der Waals surface area contributed by atoms with E-state index in [-0.39, 0.29) is 12.5 Å². The summed E-state index contributed by atoms with van der Waals surface area (Å²) in [5, 5.41) is 0. The first kappa shape index (κ1) is 24.2. The van der Waals surface area contributed by atoms with E-state index in [1.165, 1.54) is 0 Å². The summed E-state index contributed by atoms with van der Waals surface area (Å²) >= 11 is 0. The number of likely N-dealkylation sites (N-methyl/N-ethyl adjacent to an activating group) is 1. The van der Waals surface area contributed by atoms with Crippen LogP contribution < -0.4 is 9.47 Å². The van der Waals surface area contributed by atoms with Crippen LogP contribution in [0.2, 0.25) is 0 Å². The molecule has 0 aliphatic carbocycles. The zero-order valence-corrected chi connectivity index (χ0v) is 20.1. The van der Waals surface area contributed by atoms with Crippen LogP contribution in [0.25, 0.3) is 0 Å². The summed E-state index contributed by atoms with van der Waals surface area (Å²) in [7, 11) is 3.41. The van der Waals surface area contributed by atoms with Gasteiger partial charge in [0.2, 0.25) is 5.91 Å². The Morgan fingerprint density at radius 1 is 0.800 bits per heavy atom. The lowest BCUT2D eigenvalue weighted by molar-refractivity contribution is -0.132. The van der Waals surface area contributed by atoms with Gasteiger partial charge in [0.05, 0.1) is 39.3 Å². The van der Waals surface area contributed by atoms with Gasteiger partial charge in [0.1, 0.15) is 18.1 Å². The van der Waals surface area contributed by atoms with E-state index >= 15 is 0 Å². The number of carbonyl (C=O) groups excluding carboxylic acids is 1. The molecule has 0 radical (unpaired) electrons. The van der Waals surface area contributed by atoms with Crippen molar-refractivity contribution >= 4 is 5.91 Å². The molecule has 0 fully saturated rings. The van der Waals surface area contributed by atoms with Gasteiger partial charge in [0.25, 0.3) is 0 Å². The number of benzene rings is 2. The van der Waals surface area contributed by atoms with E-state index in [2.05, 4.69) is 0 Å². The molecule has 0 aliphatic heterocycles. The van der Waals surface area contributed by atoms with Crippen LogP contribution in [0.3, 0.4) is 0 Å². The highest BCUT2D eigenvalue weighted by molar-refractivity contribution is 5.78. The molecule has 35 heavy (non-hydrogen) atoms. The molecule has 0 saturated carbocycles. The highest BCUT2D eigenvalue weighted by Crippen LogP contribution is 2.29. The van der Waals surface area contributed by atoms with Gasteiger partial charge in [-0.2, -0.15) is 0 Å². The summed E-state index contributed by atoms with van der Waals surface area (Å²) in [6, 6.07) is 23.2. The molecule has 2 aromatic carbocycles. The van der Waals surface area contributed by atoms with Gasteiger partial charge >= 0.3 is 0 Å². The number of methoxy groups -OCH3 is 1. The van der Waals surface area contributed by atoms with Gasteiger partial charge in [-0.3, -0.25) is 9.69 Å². The van der Waals surface area contributed by atoms with Crippen molar-refractivity contribution in [3.8, 4) is 11.5 Å². The third-order valence-corrected chi connectivity index (χ3v) is 5.59. The van der Waals surface area contributed by atoms with E-state index in [1.807, 2.05) is 77.7 Å². The maximum Gasteiger partial charge on any atom is 0.236 e. The zero-order valence-electron chi connectivity index (χ0n) is 20.1. The van der Waals surface area contributed by atoms with Crippen LogP contribution in [-0.4, -0.2) is 36.4 Å². The van der Waals surface area contributed by atoms with Gasteiger partial charge in [0, 0.05) is 13.6 Å². The molecule has 2 heterocycles. The average molecular weight is 475 g/mol. The van der Waals surface area contributed by atoms with E-state index in [0.29, 0.717) is 37.7 Å². The summed E-state index contributed by atoms with van der Waals surface area (Å²) in [6.07, 6.45) is 3.27. The average Bonchev–Trinajstić information content (AvgIpc) is 3.58. The Hall–Kier alpha value is -3.97. The minimum atomic E-state index is -0.00789. The van der Waals surface area contributed by atoms with Crippen molar-refractivity contribution in [3.63, 3.8) is 0 Å². The summed E-state index contributed by atoms with van der Waals surface area (Å²) in [5.41, 5.74) is 2.03. The predicted molar refractivity (Wildman–Crippen MR) is 132 cm³/mol. The van der Waals surface area contributed by atoms with Crippen molar-refractivity contribution in [1.29, 1.82) is 0 Å². The molecular formula is C28H30N2O5. The van der Waals surface area contributed by atoms with Crippen LogP contribution in [0.5, 0.6) is 11.5 Å². The topological polar surface area (TPSA) is 68.3 Å². The highest BCUT2D eigenvalue weighted by atomic mass is 16.5.